The maximum atomic E-state index is 13.4. The Hall–Kier alpha value is -1.49. The highest BCUT2D eigenvalue weighted by Gasteiger charge is 2.28. The molecule has 0 spiro atoms. The van der Waals surface area contributed by atoms with Crippen LogP contribution in [0.2, 0.25) is 0 Å². The standard InChI is InChI=1S/C13H16F2N2O/c14-9-4-5-11(15)10(6-9)13(18)17-12-3-1-2-8(12)7-16/h4-6,8,12H,1-3,7,16H2,(H,17,18). The van der Waals surface area contributed by atoms with Crippen LogP contribution in [0.25, 0.3) is 0 Å². The molecular weight excluding hydrogens is 238 g/mol. The van der Waals surface area contributed by atoms with Crippen molar-refractivity contribution in [2.75, 3.05) is 6.54 Å². The third-order valence-corrected chi connectivity index (χ3v) is 3.45. The molecule has 1 aromatic rings. The van der Waals surface area contributed by atoms with E-state index in [4.69, 9.17) is 5.73 Å². The van der Waals surface area contributed by atoms with Crippen LogP contribution in [0, 0.1) is 17.6 Å². The summed E-state index contributed by atoms with van der Waals surface area (Å²) in [6.07, 6.45) is 2.80. The van der Waals surface area contributed by atoms with Crippen molar-refractivity contribution in [1.29, 1.82) is 0 Å². The molecule has 2 unspecified atom stereocenters. The molecule has 1 aliphatic carbocycles. The number of nitrogens with two attached hydrogens (primary N) is 1. The van der Waals surface area contributed by atoms with Gasteiger partial charge in [0, 0.05) is 6.04 Å². The van der Waals surface area contributed by atoms with E-state index in [1.54, 1.807) is 0 Å². The quantitative estimate of drug-likeness (QED) is 0.864. The van der Waals surface area contributed by atoms with E-state index < -0.39 is 17.5 Å². The van der Waals surface area contributed by atoms with Crippen molar-refractivity contribution >= 4 is 5.91 Å². The molecular formula is C13H16F2N2O. The highest BCUT2D eigenvalue weighted by Crippen LogP contribution is 2.25. The van der Waals surface area contributed by atoms with E-state index >= 15 is 0 Å². The number of carbonyl (C=O) groups is 1. The average Bonchev–Trinajstić information content (AvgIpc) is 2.79. The molecule has 3 N–H and O–H groups in total. The number of carbonyl (C=O) groups excluding carboxylic acids is 1. The van der Waals surface area contributed by atoms with Crippen molar-refractivity contribution in [2.24, 2.45) is 11.7 Å². The Labute approximate surface area is 104 Å². The van der Waals surface area contributed by atoms with Gasteiger partial charge in [0.2, 0.25) is 0 Å². The fourth-order valence-corrected chi connectivity index (χ4v) is 2.43. The fraction of sp³-hybridized carbons (Fsp3) is 0.462. The SMILES string of the molecule is NCC1CCCC1NC(=O)c1cc(F)ccc1F. The summed E-state index contributed by atoms with van der Waals surface area (Å²) >= 11 is 0. The Morgan fingerprint density at radius 3 is 2.89 bits per heavy atom. The molecule has 2 atom stereocenters. The van der Waals surface area contributed by atoms with Crippen molar-refractivity contribution in [3.05, 3.63) is 35.4 Å². The summed E-state index contributed by atoms with van der Waals surface area (Å²) in [6.45, 7) is 0.497. The van der Waals surface area contributed by atoms with Crippen LogP contribution >= 0.6 is 0 Å². The van der Waals surface area contributed by atoms with E-state index in [9.17, 15) is 13.6 Å². The van der Waals surface area contributed by atoms with Gasteiger partial charge in [-0.2, -0.15) is 0 Å². The summed E-state index contributed by atoms with van der Waals surface area (Å²) in [5.74, 6) is -1.68. The number of rotatable bonds is 3. The highest BCUT2D eigenvalue weighted by atomic mass is 19.1. The van der Waals surface area contributed by atoms with E-state index in [0.29, 0.717) is 6.54 Å². The normalized spacial score (nSPS) is 23.1. The van der Waals surface area contributed by atoms with Gasteiger partial charge in [0.1, 0.15) is 11.6 Å². The van der Waals surface area contributed by atoms with Gasteiger partial charge in [-0.3, -0.25) is 4.79 Å². The number of halogens is 2. The van der Waals surface area contributed by atoms with Gasteiger partial charge < -0.3 is 11.1 Å². The summed E-state index contributed by atoms with van der Waals surface area (Å²) in [5.41, 5.74) is 5.36. The predicted octanol–water partition coefficient (Wildman–Crippen LogP) is 1.82. The molecule has 18 heavy (non-hydrogen) atoms. The molecule has 0 radical (unpaired) electrons. The number of nitrogens with one attached hydrogen (secondary N) is 1. The van der Waals surface area contributed by atoms with Gasteiger partial charge in [0.15, 0.2) is 0 Å². The second-order valence-corrected chi connectivity index (χ2v) is 4.63. The first-order valence-electron chi connectivity index (χ1n) is 6.08. The minimum Gasteiger partial charge on any atom is -0.349 e. The van der Waals surface area contributed by atoms with E-state index in [2.05, 4.69) is 5.32 Å². The van der Waals surface area contributed by atoms with E-state index in [0.717, 1.165) is 37.5 Å². The summed E-state index contributed by atoms with van der Waals surface area (Å²) in [7, 11) is 0. The van der Waals surface area contributed by atoms with Gasteiger partial charge in [-0.25, -0.2) is 8.78 Å². The van der Waals surface area contributed by atoms with Gasteiger partial charge in [0.05, 0.1) is 5.56 Å². The van der Waals surface area contributed by atoms with Gasteiger partial charge in [-0.15, -0.1) is 0 Å². The zero-order valence-corrected chi connectivity index (χ0v) is 9.96. The Bertz CT molecular complexity index is 451. The molecule has 3 nitrogen and oxygen atoms in total. The van der Waals surface area contributed by atoms with Crippen LogP contribution in [-0.4, -0.2) is 18.5 Å². The van der Waals surface area contributed by atoms with Gasteiger partial charge >= 0.3 is 0 Å². The van der Waals surface area contributed by atoms with E-state index in [1.165, 1.54) is 0 Å². The van der Waals surface area contributed by atoms with Crippen molar-refractivity contribution in [3.63, 3.8) is 0 Å². The van der Waals surface area contributed by atoms with Crippen LogP contribution in [0.15, 0.2) is 18.2 Å². The molecule has 1 saturated carbocycles. The van der Waals surface area contributed by atoms with Crippen molar-refractivity contribution in [3.8, 4) is 0 Å². The Balaban J connectivity index is 2.09. The summed E-state index contributed by atoms with van der Waals surface area (Å²) in [5, 5.41) is 2.74. The van der Waals surface area contributed by atoms with Crippen molar-refractivity contribution < 1.29 is 13.6 Å². The maximum absolute atomic E-state index is 13.4. The van der Waals surface area contributed by atoms with Crippen LogP contribution in [-0.2, 0) is 0 Å². The molecule has 1 fully saturated rings. The number of benzene rings is 1. The lowest BCUT2D eigenvalue weighted by Crippen LogP contribution is -2.40. The lowest BCUT2D eigenvalue weighted by Gasteiger charge is -2.19. The number of amides is 1. The Kier molecular flexibility index (Phi) is 3.91. The van der Waals surface area contributed by atoms with Crippen LogP contribution in [0.4, 0.5) is 8.78 Å². The Morgan fingerprint density at radius 2 is 2.17 bits per heavy atom. The molecule has 98 valence electrons. The molecule has 2 rings (SSSR count). The third-order valence-electron chi connectivity index (χ3n) is 3.45. The average molecular weight is 254 g/mol. The van der Waals surface area contributed by atoms with Crippen LogP contribution in [0.3, 0.4) is 0 Å². The third kappa shape index (κ3) is 2.67. The van der Waals surface area contributed by atoms with Crippen LogP contribution in [0.5, 0.6) is 0 Å². The zero-order chi connectivity index (χ0) is 13.1. The van der Waals surface area contributed by atoms with Gasteiger partial charge in [-0.05, 0) is 43.5 Å². The topological polar surface area (TPSA) is 55.1 Å². The molecule has 0 aliphatic heterocycles. The van der Waals surface area contributed by atoms with Crippen LogP contribution < -0.4 is 11.1 Å². The van der Waals surface area contributed by atoms with E-state index in [1.807, 2.05) is 0 Å². The molecule has 0 heterocycles. The van der Waals surface area contributed by atoms with Crippen molar-refractivity contribution in [1.82, 2.24) is 5.32 Å². The molecule has 0 saturated heterocycles. The van der Waals surface area contributed by atoms with Crippen LogP contribution in [0.1, 0.15) is 29.6 Å². The largest absolute Gasteiger partial charge is 0.349 e. The smallest absolute Gasteiger partial charge is 0.254 e. The summed E-state index contributed by atoms with van der Waals surface area (Å²) in [6, 6.07) is 2.82. The molecule has 0 aromatic heterocycles. The molecule has 0 bridgehead atoms. The zero-order valence-electron chi connectivity index (χ0n) is 9.96. The molecule has 1 aromatic carbocycles. The first kappa shape index (κ1) is 13.0. The van der Waals surface area contributed by atoms with Crippen molar-refractivity contribution in [2.45, 2.75) is 25.3 Å². The Morgan fingerprint density at radius 1 is 1.39 bits per heavy atom. The van der Waals surface area contributed by atoms with Gasteiger partial charge in [0.25, 0.3) is 5.91 Å². The first-order chi connectivity index (χ1) is 8.61. The van der Waals surface area contributed by atoms with Gasteiger partial charge in [-0.1, -0.05) is 6.42 Å². The number of hydrogen-bond donors (Lipinski definition) is 2. The number of hydrogen-bond acceptors (Lipinski definition) is 2. The fourth-order valence-electron chi connectivity index (χ4n) is 2.43. The van der Waals surface area contributed by atoms with E-state index in [-0.39, 0.29) is 17.5 Å². The maximum Gasteiger partial charge on any atom is 0.254 e. The monoisotopic (exact) mass is 254 g/mol. The molecule has 5 heteroatoms. The summed E-state index contributed by atoms with van der Waals surface area (Å²) < 4.78 is 26.4. The highest BCUT2D eigenvalue weighted by molar-refractivity contribution is 5.94. The minimum absolute atomic E-state index is 0.0369. The summed E-state index contributed by atoms with van der Waals surface area (Å²) in [4.78, 5) is 11.9. The first-order valence-corrected chi connectivity index (χ1v) is 6.08. The predicted molar refractivity (Wildman–Crippen MR) is 64.0 cm³/mol. The lowest BCUT2D eigenvalue weighted by molar-refractivity contribution is 0.0924. The minimum atomic E-state index is -0.712. The molecule has 1 aliphatic rings. The second kappa shape index (κ2) is 5.44. The lowest BCUT2D eigenvalue weighted by atomic mass is 10.0. The second-order valence-electron chi connectivity index (χ2n) is 4.63. The molecule has 1 amide bonds.